The average molecular weight is 273 g/mol. The number of hydrogen-bond acceptors (Lipinski definition) is 2. The highest BCUT2D eigenvalue weighted by Gasteiger charge is 2.21. The number of nitrogens with zero attached hydrogens (tertiary/aromatic N) is 2. The van der Waals surface area contributed by atoms with Crippen molar-refractivity contribution in [3.63, 3.8) is 0 Å². The Labute approximate surface area is 98.7 Å². The number of aryl methyl sites for hydroxylation is 1. The zero-order valence-corrected chi connectivity index (χ0v) is 11.3. The first-order valence-electron chi connectivity index (χ1n) is 5.13. The summed E-state index contributed by atoms with van der Waals surface area (Å²) in [4.78, 5) is 16.2. The van der Waals surface area contributed by atoms with E-state index in [1.165, 1.54) is 0 Å². The molecule has 0 N–H and O–H groups in total. The van der Waals surface area contributed by atoms with Crippen LogP contribution in [0.2, 0.25) is 0 Å². The molecule has 0 spiro atoms. The molecule has 0 aliphatic heterocycles. The van der Waals surface area contributed by atoms with E-state index in [0.29, 0.717) is 4.47 Å². The molecule has 1 rings (SSSR count). The number of aromatic nitrogens is 2. The van der Waals surface area contributed by atoms with Gasteiger partial charge in [0.05, 0.1) is 12.0 Å². The van der Waals surface area contributed by atoms with Gasteiger partial charge in [0.2, 0.25) is 0 Å². The first-order valence-corrected chi connectivity index (χ1v) is 5.92. The van der Waals surface area contributed by atoms with Crippen molar-refractivity contribution >= 4 is 15.9 Å². The van der Waals surface area contributed by atoms with Crippen LogP contribution in [0.5, 0.6) is 0 Å². The average Bonchev–Trinajstić information content (AvgIpc) is 2.11. The number of rotatable bonds is 2. The minimum Gasteiger partial charge on any atom is -0.298 e. The topological polar surface area (TPSA) is 34.9 Å². The van der Waals surface area contributed by atoms with Gasteiger partial charge in [-0.2, -0.15) is 0 Å². The monoisotopic (exact) mass is 272 g/mol. The molecule has 84 valence electrons. The van der Waals surface area contributed by atoms with Crippen LogP contribution in [0.25, 0.3) is 0 Å². The first-order chi connectivity index (χ1) is 6.88. The van der Waals surface area contributed by atoms with Gasteiger partial charge in [0.1, 0.15) is 4.47 Å². The maximum absolute atomic E-state index is 11.9. The highest BCUT2D eigenvalue weighted by atomic mass is 79.9. The maximum atomic E-state index is 11.9. The summed E-state index contributed by atoms with van der Waals surface area (Å²) < 4.78 is 2.23. The molecule has 0 aliphatic carbocycles. The van der Waals surface area contributed by atoms with Crippen molar-refractivity contribution < 1.29 is 0 Å². The molecule has 0 saturated heterocycles. The van der Waals surface area contributed by atoms with Crippen molar-refractivity contribution in [1.29, 1.82) is 0 Å². The Balaban J connectivity index is 3.28. The fraction of sp³-hybridized carbons (Fsp3) is 0.636. The summed E-state index contributed by atoms with van der Waals surface area (Å²) in [5.41, 5.74) is 0.722. The molecule has 0 fully saturated rings. The largest absolute Gasteiger partial charge is 0.298 e. The van der Waals surface area contributed by atoms with E-state index in [1.807, 2.05) is 27.7 Å². The molecular weight excluding hydrogens is 256 g/mol. The molecule has 0 radical (unpaired) electrons. The van der Waals surface area contributed by atoms with Gasteiger partial charge in [-0.05, 0) is 22.4 Å². The second-order valence-corrected chi connectivity index (χ2v) is 5.45. The van der Waals surface area contributed by atoms with Crippen LogP contribution in [-0.2, 0) is 12.0 Å². The Hall–Kier alpha value is -0.640. The minimum absolute atomic E-state index is 0.0109. The summed E-state index contributed by atoms with van der Waals surface area (Å²) in [6.45, 7) is 8.89. The molecule has 0 atom stereocenters. The van der Waals surface area contributed by atoms with Crippen LogP contribution in [-0.4, -0.2) is 9.55 Å². The zero-order valence-electron chi connectivity index (χ0n) is 9.67. The van der Waals surface area contributed by atoms with Crippen molar-refractivity contribution in [2.45, 2.75) is 46.1 Å². The molecule has 4 heteroatoms. The van der Waals surface area contributed by atoms with Gasteiger partial charge in [0.15, 0.2) is 0 Å². The molecule has 1 aromatic heterocycles. The van der Waals surface area contributed by atoms with E-state index >= 15 is 0 Å². The van der Waals surface area contributed by atoms with Gasteiger partial charge >= 0.3 is 0 Å². The zero-order chi connectivity index (χ0) is 11.6. The molecule has 0 aliphatic rings. The van der Waals surface area contributed by atoms with Crippen LogP contribution in [0.15, 0.2) is 15.6 Å². The van der Waals surface area contributed by atoms with Gasteiger partial charge < -0.3 is 0 Å². The normalized spacial score (nSPS) is 11.8. The van der Waals surface area contributed by atoms with Gasteiger partial charge in [-0.15, -0.1) is 0 Å². The molecule has 0 amide bonds. The van der Waals surface area contributed by atoms with E-state index in [4.69, 9.17) is 0 Å². The van der Waals surface area contributed by atoms with E-state index in [9.17, 15) is 4.79 Å². The lowest BCUT2D eigenvalue weighted by Crippen LogP contribution is -2.27. The Morgan fingerprint density at radius 1 is 1.47 bits per heavy atom. The molecule has 0 aromatic carbocycles. The highest BCUT2D eigenvalue weighted by Crippen LogP contribution is 2.24. The van der Waals surface area contributed by atoms with Gasteiger partial charge in [0, 0.05) is 12.0 Å². The van der Waals surface area contributed by atoms with Crippen LogP contribution in [0.1, 0.15) is 39.8 Å². The molecule has 0 saturated carbocycles. The van der Waals surface area contributed by atoms with E-state index in [-0.39, 0.29) is 11.0 Å². The maximum Gasteiger partial charge on any atom is 0.267 e. The van der Waals surface area contributed by atoms with Crippen molar-refractivity contribution in [2.24, 2.45) is 0 Å². The van der Waals surface area contributed by atoms with E-state index in [0.717, 1.165) is 18.7 Å². The van der Waals surface area contributed by atoms with Gasteiger partial charge in [-0.3, -0.25) is 9.36 Å². The highest BCUT2D eigenvalue weighted by molar-refractivity contribution is 9.10. The second kappa shape index (κ2) is 4.47. The molecule has 0 bridgehead atoms. The predicted octanol–water partition coefficient (Wildman–Crippen LogP) is 2.71. The summed E-state index contributed by atoms with van der Waals surface area (Å²) in [5.74, 6) is 0. The quantitative estimate of drug-likeness (QED) is 0.830. The smallest absolute Gasteiger partial charge is 0.267 e. The third-order valence-electron chi connectivity index (χ3n) is 2.16. The predicted molar refractivity (Wildman–Crippen MR) is 65.2 cm³/mol. The Bertz CT molecular complexity index is 404. The van der Waals surface area contributed by atoms with Crippen LogP contribution in [0, 0.1) is 0 Å². The van der Waals surface area contributed by atoms with Gasteiger partial charge in [-0.25, -0.2) is 4.98 Å². The summed E-state index contributed by atoms with van der Waals surface area (Å²) in [6.07, 6.45) is 2.57. The number of halogens is 1. The van der Waals surface area contributed by atoms with Crippen LogP contribution >= 0.6 is 15.9 Å². The van der Waals surface area contributed by atoms with Crippen molar-refractivity contribution in [2.75, 3.05) is 0 Å². The molecule has 3 nitrogen and oxygen atoms in total. The Morgan fingerprint density at radius 2 is 2.07 bits per heavy atom. The van der Waals surface area contributed by atoms with E-state index < -0.39 is 0 Å². The summed E-state index contributed by atoms with van der Waals surface area (Å²) in [6, 6.07) is 0. The van der Waals surface area contributed by atoms with Crippen molar-refractivity contribution in [3.05, 3.63) is 26.8 Å². The molecule has 1 aromatic rings. The van der Waals surface area contributed by atoms with Crippen LogP contribution < -0.4 is 5.56 Å². The van der Waals surface area contributed by atoms with Crippen LogP contribution in [0.4, 0.5) is 0 Å². The van der Waals surface area contributed by atoms with E-state index in [1.54, 1.807) is 10.9 Å². The van der Waals surface area contributed by atoms with Crippen LogP contribution in [0.3, 0.4) is 0 Å². The fourth-order valence-corrected chi connectivity index (χ4v) is 2.31. The number of hydrogen-bond donors (Lipinski definition) is 0. The van der Waals surface area contributed by atoms with Gasteiger partial charge in [0.25, 0.3) is 5.56 Å². The van der Waals surface area contributed by atoms with Crippen molar-refractivity contribution in [1.82, 2.24) is 9.55 Å². The summed E-state index contributed by atoms with van der Waals surface area (Å²) in [5, 5.41) is 0. The van der Waals surface area contributed by atoms with Gasteiger partial charge in [-0.1, -0.05) is 27.7 Å². The molecule has 15 heavy (non-hydrogen) atoms. The Kier molecular flexibility index (Phi) is 3.71. The molecular formula is C11H17BrN2O. The fourth-order valence-electron chi connectivity index (χ4n) is 1.39. The summed E-state index contributed by atoms with van der Waals surface area (Å²) in [7, 11) is 0. The molecule has 0 unspecified atom stereocenters. The summed E-state index contributed by atoms with van der Waals surface area (Å²) >= 11 is 3.34. The van der Waals surface area contributed by atoms with Crippen molar-refractivity contribution in [3.8, 4) is 0 Å². The first kappa shape index (κ1) is 12.4. The Morgan fingerprint density at radius 3 is 2.53 bits per heavy atom. The standard InChI is InChI=1S/C11H17BrN2O/c1-5-6-14-7-13-9(11(2,3)4)8(12)10(14)15/h7H,5-6H2,1-4H3. The lowest BCUT2D eigenvalue weighted by Gasteiger charge is -2.19. The lowest BCUT2D eigenvalue weighted by molar-refractivity contribution is 0.544. The van der Waals surface area contributed by atoms with E-state index in [2.05, 4.69) is 20.9 Å². The lowest BCUT2D eigenvalue weighted by atomic mass is 9.92. The third-order valence-corrected chi connectivity index (χ3v) is 2.87. The third kappa shape index (κ3) is 2.68. The SMILES string of the molecule is CCCn1cnc(C(C)(C)C)c(Br)c1=O. The minimum atomic E-state index is -0.108. The molecule has 1 heterocycles. The second-order valence-electron chi connectivity index (χ2n) is 4.66.